The number of ether oxygens (including phenoxy) is 1. The van der Waals surface area contributed by atoms with Gasteiger partial charge in [-0.25, -0.2) is 4.57 Å². The molecular weight excluding hydrogens is 399 g/mol. The highest BCUT2D eigenvalue weighted by molar-refractivity contribution is 7.47. The van der Waals surface area contributed by atoms with Crippen LogP contribution in [0.5, 0.6) is 0 Å². The second-order valence-electron chi connectivity index (χ2n) is 8.17. The van der Waals surface area contributed by atoms with Crippen molar-refractivity contribution in [2.24, 2.45) is 17.8 Å². The molecule has 1 aliphatic rings. The van der Waals surface area contributed by atoms with Crippen molar-refractivity contribution < 1.29 is 38.3 Å². The third-order valence-corrected chi connectivity index (χ3v) is 6.97. The molecule has 4 unspecified atom stereocenters. The summed E-state index contributed by atoms with van der Waals surface area (Å²) in [5, 5.41) is 20.6. The molecule has 172 valence electrons. The first-order valence-electron chi connectivity index (χ1n) is 10.8. The average molecular weight is 438 g/mol. The smallest absolute Gasteiger partial charge is 0.466 e. The molecule has 0 amide bonds. The van der Waals surface area contributed by atoms with Gasteiger partial charge in [-0.1, -0.05) is 53.4 Å². The van der Waals surface area contributed by atoms with E-state index in [0.717, 1.165) is 25.7 Å². The van der Waals surface area contributed by atoms with Gasteiger partial charge in [0.15, 0.2) is 0 Å². The second-order valence-corrected chi connectivity index (χ2v) is 9.57. The lowest BCUT2D eigenvalue weighted by Crippen LogP contribution is -2.54. The first-order chi connectivity index (χ1) is 13.6. The highest BCUT2D eigenvalue weighted by atomic mass is 31.2. The molecule has 1 rings (SSSR count). The molecule has 0 radical (unpaired) electrons. The second kappa shape index (κ2) is 13.0. The number of aliphatic hydroxyl groups excluding tert-OH is 2. The predicted octanol–water partition coefficient (Wildman–Crippen LogP) is 3.43. The number of aliphatic hydroxyl groups is 2. The van der Waals surface area contributed by atoms with Crippen molar-refractivity contribution in [1.29, 1.82) is 0 Å². The van der Waals surface area contributed by atoms with Crippen molar-refractivity contribution in [3.05, 3.63) is 0 Å². The monoisotopic (exact) mass is 438 g/mol. The number of esters is 1. The van der Waals surface area contributed by atoms with Crippen molar-refractivity contribution in [2.45, 2.75) is 91.0 Å². The molecule has 0 spiro atoms. The Labute approximate surface area is 174 Å². The van der Waals surface area contributed by atoms with E-state index in [2.05, 4.69) is 6.92 Å². The van der Waals surface area contributed by atoms with Gasteiger partial charge in [0.05, 0.1) is 25.4 Å². The van der Waals surface area contributed by atoms with Crippen molar-refractivity contribution in [2.75, 3.05) is 13.2 Å². The predicted molar refractivity (Wildman–Crippen MR) is 109 cm³/mol. The molecule has 0 saturated heterocycles. The standard InChI is InChI=1S/C20H39O8P/c1-5-6-7-8-9-11-17(21)26-12-10-13-27-29(24,25)28-20-18(22)15(3)14(2)16(4)19(20)23/h14-16,18-20,22-23H,5-13H2,1-4H3,(H,24,25)/t14?,15-,16+,18-,19?,20?/m1/s1. The van der Waals surface area contributed by atoms with E-state index in [1.165, 1.54) is 6.42 Å². The van der Waals surface area contributed by atoms with Gasteiger partial charge < -0.3 is 19.8 Å². The Morgan fingerprint density at radius 3 is 2.07 bits per heavy atom. The van der Waals surface area contributed by atoms with Crippen molar-refractivity contribution in [3.8, 4) is 0 Å². The lowest BCUT2D eigenvalue weighted by atomic mass is 9.70. The normalized spacial score (nSPS) is 32.0. The summed E-state index contributed by atoms with van der Waals surface area (Å²) in [6.07, 6.45) is 2.52. The zero-order valence-corrected chi connectivity index (χ0v) is 19.1. The number of phosphoric ester groups is 1. The third kappa shape index (κ3) is 9.03. The molecule has 0 aromatic carbocycles. The summed E-state index contributed by atoms with van der Waals surface area (Å²) in [7, 11) is -4.46. The van der Waals surface area contributed by atoms with Crippen LogP contribution in [0.1, 0.15) is 72.6 Å². The first-order valence-corrected chi connectivity index (χ1v) is 12.3. The minimum Gasteiger partial charge on any atom is -0.466 e. The maximum absolute atomic E-state index is 12.2. The average Bonchev–Trinajstić information content (AvgIpc) is 2.67. The number of carbonyl (C=O) groups excluding carboxylic acids is 1. The molecule has 0 aromatic rings. The minimum atomic E-state index is -4.46. The number of rotatable bonds is 13. The fourth-order valence-corrected chi connectivity index (χ4v) is 4.56. The highest BCUT2D eigenvalue weighted by Gasteiger charge is 2.47. The van der Waals surface area contributed by atoms with Gasteiger partial charge in [-0.15, -0.1) is 0 Å². The summed E-state index contributed by atoms with van der Waals surface area (Å²) < 4.78 is 27.2. The molecule has 3 N–H and O–H groups in total. The van der Waals surface area contributed by atoms with E-state index >= 15 is 0 Å². The molecule has 0 aliphatic heterocycles. The van der Waals surface area contributed by atoms with Gasteiger partial charge in [0.2, 0.25) is 0 Å². The largest absolute Gasteiger partial charge is 0.472 e. The van der Waals surface area contributed by atoms with Crippen LogP contribution >= 0.6 is 7.82 Å². The van der Waals surface area contributed by atoms with Crippen LogP contribution in [0.3, 0.4) is 0 Å². The number of unbranched alkanes of at least 4 members (excludes halogenated alkanes) is 4. The summed E-state index contributed by atoms with van der Waals surface area (Å²) in [4.78, 5) is 21.5. The molecule has 8 nitrogen and oxygen atoms in total. The number of hydrogen-bond acceptors (Lipinski definition) is 7. The Bertz CT molecular complexity index is 513. The highest BCUT2D eigenvalue weighted by Crippen LogP contribution is 2.48. The lowest BCUT2D eigenvalue weighted by Gasteiger charge is -2.44. The molecule has 0 aromatic heterocycles. The van der Waals surface area contributed by atoms with E-state index in [1.54, 1.807) is 0 Å². The molecule has 1 saturated carbocycles. The van der Waals surface area contributed by atoms with E-state index in [1.807, 2.05) is 20.8 Å². The zero-order chi connectivity index (χ0) is 22.0. The summed E-state index contributed by atoms with van der Waals surface area (Å²) in [6.45, 7) is 7.63. The third-order valence-electron chi connectivity index (χ3n) is 5.95. The van der Waals surface area contributed by atoms with Crippen LogP contribution in [-0.4, -0.2) is 52.6 Å². The van der Waals surface area contributed by atoms with Crippen molar-refractivity contribution >= 4 is 13.8 Å². The SMILES string of the molecule is CCCCCCCC(=O)OCCCOP(=O)(O)OC1C(O)[C@@H](C)C(C)[C@@H](C)[C@H]1O. The molecular formula is C20H39O8P. The van der Waals surface area contributed by atoms with Gasteiger partial charge in [-0.05, 0) is 24.2 Å². The van der Waals surface area contributed by atoms with Crippen LogP contribution in [0.4, 0.5) is 0 Å². The number of phosphoric acid groups is 1. The van der Waals surface area contributed by atoms with Crippen LogP contribution in [0.2, 0.25) is 0 Å². The van der Waals surface area contributed by atoms with Gasteiger partial charge in [0.25, 0.3) is 0 Å². The van der Waals surface area contributed by atoms with E-state index in [0.29, 0.717) is 6.42 Å². The van der Waals surface area contributed by atoms with Gasteiger partial charge in [-0.3, -0.25) is 13.8 Å². The Balaban J connectivity index is 2.28. The fraction of sp³-hybridized carbons (Fsp3) is 0.950. The Morgan fingerprint density at radius 2 is 1.48 bits per heavy atom. The first kappa shape index (κ1) is 26.5. The van der Waals surface area contributed by atoms with Crippen LogP contribution in [0.15, 0.2) is 0 Å². The van der Waals surface area contributed by atoms with E-state index < -0.39 is 26.1 Å². The summed E-state index contributed by atoms with van der Waals surface area (Å²) in [5.74, 6) is -0.629. The Morgan fingerprint density at radius 1 is 0.897 bits per heavy atom. The number of carbonyl (C=O) groups is 1. The van der Waals surface area contributed by atoms with Gasteiger partial charge in [0.1, 0.15) is 6.10 Å². The van der Waals surface area contributed by atoms with Crippen LogP contribution in [-0.2, 0) is 23.1 Å². The maximum atomic E-state index is 12.2. The van der Waals surface area contributed by atoms with E-state index in [9.17, 15) is 24.5 Å². The molecule has 1 fully saturated rings. The Kier molecular flexibility index (Phi) is 11.9. The lowest BCUT2D eigenvalue weighted by molar-refractivity contribution is -0.145. The zero-order valence-electron chi connectivity index (χ0n) is 18.2. The van der Waals surface area contributed by atoms with Crippen molar-refractivity contribution in [3.63, 3.8) is 0 Å². The molecule has 9 heteroatoms. The van der Waals surface area contributed by atoms with Gasteiger partial charge in [0, 0.05) is 12.8 Å². The number of hydrogen-bond donors (Lipinski definition) is 3. The molecule has 29 heavy (non-hydrogen) atoms. The van der Waals surface area contributed by atoms with Crippen LogP contribution in [0, 0.1) is 17.8 Å². The maximum Gasteiger partial charge on any atom is 0.472 e. The summed E-state index contributed by atoms with van der Waals surface area (Å²) in [6, 6.07) is 0. The van der Waals surface area contributed by atoms with Crippen molar-refractivity contribution in [1.82, 2.24) is 0 Å². The quantitative estimate of drug-likeness (QED) is 0.227. The minimum absolute atomic E-state index is 0.0418. The van der Waals surface area contributed by atoms with Crippen LogP contribution in [0.25, 0.3) is 0 Å². The summed E-state index contributed by atoms with van der Waals surface area (Å²) in [5.41, 5.74) is 0. The fourth-order valence-electron chi connectivity index (χ4n) is 3.58. The van der Waals surface area contributed by atoms with E-state index in [4.69, 9.17) is 13.8 Å². The summed E-state index contributed by atoms with van der Waals surface area (Å²) >= 11 is 0. The molecule has 0 bridgehead atoms. The van der Waals surface area contributed by atoms with Gasteiger partial charge in [-0.2, -0.15) is 0 Å². The Hall–Kier alpha value is -0.500. The molecule has 0 heterocycles. The van der Waals surface area contributed by atoms with E-state index in [-0.39, 0.29) is 43.4 Å². The topological polar surface area (TPSA) is 123 Å². The van der Waals surface area contributed by atoms with Gasteiger partial charge >= 0.3 is 13.8 Å². The van der Waals surface area contributed by atoms with Crippen LogP contribution < -0.4 is 0 Å². The molecule has 7 atom stereocenters. The molecule has 1 aliphatic carbocycles.